The van der Waals surface area contributed by atoms with Gasteiger partial charge in [0.1, 0.15) is 17.9 Å². The molecule has 84 valence electrons. The molecule has 2 atom stereocenters. The second-order valence-corrected chi connectivity index (χ2v) is 3.47. The van der Waals surface area contributed by atoms with Crippen LogP contribution in [-0.2, 0) is 0 Å². The van der Waals surface area contributed by atoms with E-state index in [2.05, 4.69) is 4.98 Å². The Morgan fingerprint density at radius 3 is 2.69 bits per heavy atom. The molecule has 2 rings (SSSR count). The summed E-state index contributed by atoms with van der Waals surface area (Å²) in [4.78, 5) is 24.6. The van der Waals surface area contributed by atoms with Gasteiger partial charge in [-0.05, 0) is 0 Å². The molecule has 6 nitrogen and oxygen atoms in total. The quantitative estimate of drug-likeness (QED) is 0.512. The number of aromatic amines is 1. The van der Waals surface area contributed by atoms with Crippen LogP contribution < -0.4 is 5.43 Å². The first-order chi connectivity index (χ1) is 7.50. The fourth-order valence-corrected chi connectivity index (χ4v) is 1.58. The number of rotatable bonds is 1. The van der Waals surface area contributed by atoms with Crippen molar-refractivity contribution in [3.63, 3.8) is 0 Å². The van der Waals surface area contributed by atoms with Gasteiger partial charge in [-0.2, -0.15) is 0 Å². The molecule has 1 heterocycles. The van der Waals surface area contributed by atoms with Crippen molar-refractivity contribution in [1.29, 1.82) is 0 Å². The van der Waals surface area contributed by atoms with Crippen LogP contribution in [0.15, 0.2) is 16.9 Å². The molecular formula is C10H9NO5. The van der Waals surface area contributed by atoms with Crippen LogP contribution in [0, 0.1) is 0 Å². The lowest BCUT2D eigenvalue weighted by Gasteiger charge is -2.21. The van der Waals surface area contributed by atoms with Crippen molar-refractivity contribution in [2.45, 2.75) is 12.2 Å². The van der Waals surface area contributed by atoms with Gasteiger partial charge in [-0.25, -0.2) is 4.79 Å². The summed E-state index contributed by atoms with van der Waals surface area (Å²) in [5, 5.41) is 27.7. The maximum absolute atomic E-state index is 11.5. The van der Waals surface area contributed by atoms with Crippen molar-refractivity contribution in [3.8, 4) is 0 Å². The Morgan fingerprint density at radius 2 is 2.06 bits per heavy atom. The molecule has 2 unspecified atom stereocenters. The first kappa shape index (κ1) is 10.6. The maximum Gasteiger partial charge on any atom is 0.352 e. The highest BCUT2D eigenvalue weighted by Crippen LogP contribution is 2.24. The fraction of sp³-hybridized carbons (Fsp3) is 0.200. The third kappa shape index (κ3) is 1.54. The zero-order valence-electron chi connectivity index (χ0n) is 8.04. The summed E-state index contributed by atoms with van der Waals surface area (Å²) in [6.07, 6.45) is 0.180. The van der Waals surface area contributed by atoms with Gasteiger partial charge in [0.15, 0.2) is 5.43 Å². The Hall–Kier alpha value is -1.92. The van der Waals surface area contributed by atoms with Crippen molar-refractivity contribution in [3.05, 3.63) is 39.3 Å². The summed E-state index contributed by atoms with van der Waals surface area (Å²) in [7, 11) is 0. The van der Waals surface area contributed by atoms with Crippen LogP contribution in [0.1, 0.15) is 27.8 Å². The molecule has 16 heavy (non-hydrogen) atoms. The van der Waals surface area contributed by atoms with E-state index in [4.69, 9.17) is 5.11 Å². The second kappa shape index (κ2) is 3.58. The van der Waals surface area contributed by atoms with Crippen molar-refractivity contribution >= 4 is 12.0 Å². The summed E-state index contributed by atoms with van der Waals surface area (Å²) in [6.45, 7) is 0. The van der Waals surface area contributed by atoms with E-state index in [1.165, 1.54) is 12.2 Å². The summed E-state index contributed by atoms with van der Waals surface area (Å²) in [5.41, 5.74) is -0.624. The van der Waals surface area contributed by atoms with E-state index in [0.29, 0.717) is 0 Å². The van der Waals surface area contributed by atoms with E-state index < -0.39 is 23.6 Å². The standard InChI is InChI=1S/C10H9NO5/c12-6-2-1-4-7(13)3-5(10(15)16)11-8(4)9(6)14/h1-3,6,9,12,14H,(H,11,13)(H,15,16). The van der Waals surface area contributed by atoms with Crippen LogP contribution in [0.2, 0.25) is 0 Å². The van der Waals surface area contributed by atoms with Crippen molar-refractivity contribution in [1.82, 2.24) is 4.98 Å². The average molecular weight is 223 g/mol. The molecule has 1 aromatic rings. The molecule has 0 aromatic carbocycles. The van der Waals surface area contributed by atoms with E-state index in [9.17, 15) is 19.8 Å². The van der Waals surface area contributed by atoms with E-state index in [1.54, 1.807) is 0 Å². The van der Waals surface area contributed by atoms with Crippen molar-refractivity contribution in [2.24, 2.45) is 0 Å². The third-order valence-corrected chi connectivity index (χ3v) is 2.41. The first-order valence-electron chi connectivity index (χ1n) is 4.55. The van der Waals surface area contributed by atoms with Crippen molar-refractivity contribution < 1.29 is 20.1 Å². The van der Waals surface area contributed by atoms with Gasteiger partial charge in [-0.1, -0.05) is 12.2 Å². The molecule has 0 saturated carbocycles. The highest BCUT2D eigenvalue weighted by atomic mass is 16.4. The van der Waals surface area contributed by atoms with Gasteiger partial charge in [0.2, 0.25) is 0 Å². The summed E-state index contributed by atoms with van der Waals surface area (Å²) >= 11 is 0. The molecule has 0 aliphatic heterocycles. The molecule has 1 aliphatic rings. The Labute approximate surface area is 89.5 Å². The second-order valence-electron chi connectivity index (χ2n) is 3.47. The molecule has 0 amide bonds. The number of aromatic carboxylic acids is 1. The SMILES string of the molecule is O=C(O)c1cc(=O)c2c([nH]1)C(O)C(O)C=C2. The topological polar surface area (TPSA) is 111 Å². The van der Waals surface area contributed by atoms with Gasteiger partial charge < -0.3 is 20.3 Å². The number of aliphatic hydroxyl groups excluding tert-OH is 2. The van der Waals surface area contributed by atoms with Crippen LogP contribution in [0.5, 0.6) is 0 Å². The molecule has 0 bridgehead atoms. The van der Waals surface area contributed by atoms with Gasteiger partial charge in [0.05, 0.1) is 5.69 Å². The number of hydrogen-bond acceptors (Lipinski definition) is 4. The van der Waals surface area contributed by atoms with Gasteiger partial charge in [-0.3, -0.25) is 4.79 Å². The van der Waals surface area contributed by atoms with Crippen LogP contribution in [-0.4, -0.2) is 32.4 Å². The van der Waals surface area contributed by atoms with E-state index in [0.717, 1.165) is 6.07 Å². The molecule has 0 radical (unpaired) electrons. The van der Waals surface area contributed by atoms with Crippen LogP contribution >= 0.6 is 0 Å². The first-order valence-corrected chi connectivity index (χ1v) is 4.55. The number of aromatic nitrogens is 1. The number of carbonyl (C=O) groups is 1. The molecular weight excluding hydrogens is 214 g/mol. The smallest absolute Gasteiger partial charge is 0.352 e. The number of hydrogen-bond donors (Lipinski definition) is 4. The number of aliphatic hydroxyl groups is 2. The lowest BCUT2D eigenvalue weighted by Crippen LogP contribution is -2.26. The maximum atomic E-state index is 11.5. The summed E-state index contributed by atoms with van der Waals surface area (Å²) in [6, 6.07) is 0.940. The van der Waals surface area contributed by atoms with Gasteiger partial charge in [-0.15, -0.1) is 0 Å². The molecule has 6 heteroatoms. The monoisotopic (exact) mass is 223 g/mol. The predicted octanol–water partition coefficient (Wildman–Crippen LogP) is -0.506. The van der Waals surface area contributed by atoms with E-state index >= 15 is 0 Å². The van der Waals surface area contributed by atoms with Crippen LogP contribution in [0.4, 0.5) is 0 Å². The van der Waals surface area contributed by atoms with Gasteiger partial charge >= 0.3 is 5.97 Å². The van der Waals surface area contributed by atoms with Crippen LogP contribution in [0.3, 0.4) is 0 Å². The Balaban J connectivity index is 2.67. The minimum Gasteiger partial charge on any atom is -0.477 e. The fourth-order valence-electron chi connectivity index (χ4n) is 1.58. The minimum absolute atomic E-state index is 0.0277. The highest BCUT2D eigenvalue weighted by molar-refractivity contribution is 5.85. The van der Waals surface area contributed by atoms with E-state index in [-0.39, 0.29) is 17.0 Å². The zero-order chi connectivity index (χ0) is 11.9. The number of pyridine rings is 1. The van der Waals surface area contributed by atoms with Crippen molar-refractivity contribution in [2.75, 3.05) is 0 Å². The molecule has 0 spiro atoms. The molecule has 1 aliphatic carbocycles. The number of H-pyrrole nitrogens is 1. The zero-order valence-corrected chi connectivity index (χ0v) is 8.04. The number of carboxylic acid groups (broad SMARTS) is 1. The Kier molecular flexibility index (Phi) is 2.37. The largest absolute Gasteiger partial charge is 0.477 e. The summed E-state index contributed by atoms with van der Waals surface area (Å²) < 4.78 is 0. The molecule has 1 aromatic heterocycles. The number of carboxylic acids is 1. The molecule has 0 fully saturated rings. The summed E-state index contributed by atoms with van der Waals surface area (Å²) in [5.74, 6) is -1.30. The van der Waals surface area contributed by atoms with Crippen LogP contribution in [0.25, 0.3) is 6.08 Å². The minimum atomic E-state index is -1.31. The predicted molar refractivity (Wildman–Crippen MR) is 54.0 cm³/mol. The average Bonchev–Trinajstić information content (AvgIpc) is 2.23. The molecule has 0 saturated heterocycles. The highest BCUT2D eigenvalue weighted by Gasteiger charge is 2.25. The molecule has 4 N–H and O–H groups in total. The van der Waals surface area contributed by atoms with E-state index in [1.807, 2.05) is 0 Å². The lowest BCUT2D eigenvalue weighted by atomic mass is 9.97. The Morgan fingerprint density at radius 1 is 1.38 bits per heavy atom. The lowest BCUT2D eigenvalue weighted by molar-refractivity contribution is 0.0434. The normalized spacial score (nSPS) is 22.9. The third-order valence-electron chi connectivity index (χ3n) is 2.41. The van der Waals surface area contributed by atoms with Gasteiger partial charge in [0, 0.05) is 11.6 Å². The van der Waals surface area contributed by atoms with Gasteiger partial charge in [0.25, 0.3) is 0 Å². The number of nitrogens with one attached hydrogen (secondary N) is 1. The Bertz CT molecular complexity index is 531. The number of fused-ring (bicyclic) bond motifs is 1.